The molecule has 2 rings (SSSR count). The first kappa shape index (κ1) is 14.8. The van der Waals surface area contributed by atoms with Crippen molar-refractivity contribution in [3.8, 4) is 0 Å². The molecule has 1 amide bonds. The number of carbonyl (C=O) groups excluding carboxylic acids is 1. The van der Waals surface area contributed by atoms with E-state index in [1.54, 1.807) is 23.1 Å². The molecule has 1 aromatic heterocycles. The summed E-state index contributed by atoms with van der Waals surface area (Å²) in [7, 11) is 0. The Morgan fingerprint density at radius 2 is 2.32 bits per heavy atom. The number of aromatic nitrogens is 1. The van der Waals surface area contributed by atoms with E-state index in [-0.39, 0.29) is 18.1 Å². The Balaban J connectivity index is 1.72. The lowest BCUT2D eigenvalue weighted by molar-refractivity contribution is -0.121. The van der Waals surface area contributed by atoms with Crippen molar-refractivity contribution in [3.05, 3.63) is 16.1 Å². The number of amides is 1. The van der Waals surface area contributed by atoms with Crippen LogP contribution in [0.25, 0.3) is 0 Å². The third-order valence-electron chi connectivity index (χ3n) is 3.42. The van der Waals surface area contributed by atoms with Crippen LogP contribution in [0.4, 0.5) is 0 Å². The van der Waals surface area contributed by atoms with Gasteiger partial charge in [0.2, 0.25) is 5.91 Å². The number of aryl methyl sites for hydroxylation is 1. The van der Waals surface area contributed by atoms with Gasteiger partial charge in [-0.15, -0.1) is 23.1 Å². The Hall–Kier alpha value is -0.590. The van der Waals surface area contributed by atoms with Crippen LogP contribution in [0, 0.1) is 6.92 Å². The summed E-state index contributed by atoms with van der Waals surface area (Å²) in [6, 6.07) is 0. The minimum atomic E-state index is -0.352. The highest BCUT2D eigenvalue weighted by Crippen LogP contribution is 2.29. The summed E-state index contributed by atoms with van der Waals surface area (Å²) in [6.07, 6.45) is 3.97. The van der Waals surface area contributed by atoms with Crippen LogP contribution < -0.4 is 5.32 Å². The molecular formula is C13H20N2O2S2. The van der Waals surface area contributed by atoms with Gasteiger partial charge in [0.25, 0.3) is 0 Å². The van der Waals surface area contributed by atoms with Gasteiger partial charge in [-0.3, -0.25) is 4.79 Å². The molecule has 1 aliphatic rings. The van der Waals surface area contributed by atoms with Gasteiger partial charge in [-0.2, -0.15) is 0 Å². The fourth-order valence-electron chi connectivity index (χ4n) is 2.43. The van der Waals surface area contributed by atoms with Gasteiger partial charge in [-0.1, -0.05) is 12.8 Å². The molecule has 0 spiro atoms. The second kappa shape index (κ2) is 6.72. The van der Waals surface area contributed by atoms with Gasteiger partial charge in [-0.25, -0.2) is 4.98 Å². The Kier molecular flexibility index (Phi) is 5.24. The van der Waals surface area contributed by atoms with Crippen molar-refractivity contribution in [2.75, 3.05) is 12.4 Å². The van der Waals surface area contributed by atoms with Gasteiger partial charge in [0.1, 0.15) is 0 Å². The predicted molar refractivity (Wildman–Crippen MR) is 79.4 cm³/mol. The van der Waals surface area contributed by atoms with Gasteiger partial charge in [-0.05, 0) is 19.8 Å². The maximum atomic E-state index is 11.9. The van der Waals surface area contributed by atoms with Crippen LogP contribution in [0.2, 0.25) is 0 Å². The lowest BCUT2D eigenvalue weighted by Crippen LogP contribution is -2.49. The van der Waals surface area contributed by atoms with E-state index in [4.69, 9.17) is 0 Å². The quantitative estimate of drug-likeness (QED) is 0.844. The van der Waals surface area contributed by atoms with E-state index in [1.165, 1.54) is 0 Å². The molecule has 2 N–H and O–H groups in total. The topological polar surface area (TPSA) is 62.2 Å². The fourth-order valence-corrected chi connectivity index (χ4v) is 3.86. The zero-order chi connectivity index (χ0) is 13.7. The molecule has 106 valence electrons. The first-order chi connectivity index (χ1) is 9.13. The Morgan fingerprint density at radius 1 is 1.58 bits per heavy atom. The summed E-state index contributed by atoms with van der Waals surface area (Å²) in [5, 5.41) is 15.5. The smallest absolute Gasteiger partial charge is 0.230 e. The summed E-state index contributed by atoms with van der Waals surface area (Å²) in [5.74, 6) is 1.22. The van der Waals surface area contributed by atoms with Crippen molar-refractivity contribution in [1.29, 1.82) is 0 Å². The monoisotopic (exact) mass is 300 g/mol. The van der Waals surface area contributed by atoms with Crippen LogP contribution in [-0.4, -0.2) is 33.9 Å². The fraction of sp³-hybridized carbons (Fsp3) is 0.692. The highest BCUT2D eigenvalue weighted by atomic mass is 32.2. The molecule has 0 atom stereocenters. The SMILES string of the molecule is Cc1nc(CSCC(=O)NC2(CO)CCCC2)cs1. The van der Waals surface area contributed by atoms with Crippen molar-refractivity contribution >= 4 is 29.0 Å². The normalized spacial score (nSPS) is 17.6. The van der Waals surface area contributed by atoms with Crippen molar-refractivity contribution in [3.63, 3.8) is 0 Å². The average Bonchev–Trinajstić information content (AvgIpc) is 2.99. The molecule has 1 saturated carbocycles. The van der Waals surface area contributed by atoms with Crippen molar-refractivity contribution in [2.24, 2.45) is 0 Å². The average molecular weight is 300 g/mol. The molecule has 0 aromatic carbocycles. The molecular weight excluding hydrogens is 280 g/mol. The first-order valence-electron chi connectivity index (χ1n) is 6.54. The molecule has 19 heavy (non-hydrogen) atoms. The van der Waals surface area contributed by atoms with E-state index in [0.29, 0.717) is 5.75 Å². The van der Waals surface area contributed by atoms with Gasteiger partial charge in [0.15, 0.2) is 0 Å². The number of aliphatic hydroxyl groups is 1. The number of rotatable bonds is 6. The lowest BCUT2D eigenvalue weighted by atomic mass is 9.99. The predicted octanol–water partition coefficient (Wildman–Crippen LogP) is 2.11. The summed E-state index contributed by atoms with van der Waals surface area (Å²) in [4.78, 5) is 16.3. The van der Waals surface area contributed by atoms with E-state index < -0.39 is 0 Å². The Morgan fingerprint density at radius 3 is 2.89 bits per heavy atom. The number of hydrogen-bond donors (Lipinski definition) is 2. The second-order valence-electron chi connectivity index (χ2n) is 5.04. The third kappa shape index (κ3) is 4.19. The molecule has 6 heteroatoms. The molecule has 0 bridgehead atoms. The zero-order valence-electron chi connectivity index (χ0n) is 11.1. The van der Waals surface area contributed by atoms with Gasteiger partial charge >= 0.3 is 0 Å². The first-order valence-corrected chi connectivity index (χ1v) is 8.58. The summed E-state index contributed by atoms with van der Waals surface area (Å²) in [5.41, 5.74) is 0.688. The molecule has 0 radical (unpaired) electrons. The molecule has 0 unspecified atom stereocenters. The lowest BCUT2D eigenvalue weighted by Gasteiger charge is -2.27. The minimum absolute atomic E-state index is 0.0212. The molecule has 1 heterocycles. The van der Waals surface area contributed by atoms with Crippen molar-refractivity contribution in [2.45, 2.75) is 43.9 Å². The van der Waals surface area contributed by atoms with E-state index >= 15 is 0 Å². The van der Waals surface area contributed by atoms with E-state index in [2.05, 4.69) is 10.3 Å². The van der Waals surface area contributed by atoms with Crippen LogP contribution >= 0.6 is 23.1 Å². The van der Waals surface area contributed by atoms with Crippen LogP contribution in [0.1, 0.15) is 36.4 Å². The van der Waals surface area contributed by atoms with Gasteiger partial charge in [0, 0.05) is 11.1 Å². The van der Waals surface area contributed by atoms with Crippen LogP contribution in [0.5, 0.6) is 0 Å². The van der Waals surface area contributed by atoms with Crippen LogP contribution in [0.15, 0.2) is 5.38 Å². The van der Waals surface area contributed by atoms with E-state index in [0.717, 1.165) is 42.1 Å². The standard InChI is InChI=1S/C13H20N2O2S2/c1-10-14-11(7-19-10)6-18-8-12(17)15-13(9-16)4-2-3-5-13/h7,16H,2-6,8-9H2,1H3,(H,15,17). The third-order valence-corrected chi connectivity index (χ3v) is 5.21. The highest BCUT2D eigenvalue weighted by Gasteiger charge is 2.34. The van der Waals surface area contributed by atoms with E-state index in [1.807, 2.05) is 12.3 Å². The second-order valence-corrected chi connectivity index (χ2v) is 7.09. The van der Waals surface area contributed by atoms with Crippen molar-refractivity contribution < 1.29 is 9.90 Å². The Bertz CT molecular complexity index is 428. The molecule has 1 aliphatic carbocycles. The zero-order valence-corrected chi connectivity index (χ0v) is 12.8. The number of thiazole rings is 1. The number of carbonyl (C=O) groups is 1. The number of hydrogen-bond acceptors (Lipinski definition) is 5. The maximum Gasteiger partial charge on any atom is 0.230 e. The molecule has 1 aromatic rings. The molecule has 0 aliphatic heterocycles. The number of nitrogens with zero attached hydrogens (tertiary/aromatic N) is 1. The summed E-state index contributed by atoms with van der Waals surface area (Å²) in [6.45, 7) is 2.03. The van der Waals surface area contributed by atoms with Crippen LogP contribution in [-0.2, 0) is 10.5 Å². The number of nitrogens with one attached hydrogen (secondary N) is 1. The summed E-state index contributed by atoms with van der Waals surface area (Å²) < 4.78 is 0. The molecule has 1 fully saturated rings. The van der Waals surface area contributed by atoms with Gasteiger partial charge in [0.05, 0.1) is 28.6 Å². The number of aliphatic hydroxyl groups excluding tert-OH is 1. The molecule has 0 saturated heterocycles. The number of thioether (sulfide) groups is 1. The summed E-state index contributed by atoms with van der Waals surface area (Å²) >= 11 is 3.21. The van der Waals surface area contributed by atoms with E-state index in [9.17, 15) is 9.90 Å². The van der Waals surface area contributed by atoms with Gasteiger partial charge < -0.3 is 10.4 Å². The maximum absolute atomic E-state index is 11.9. The van der Waals surface area contributed by atoms with Crippen LogP contribution in [0.3, 0.4) is 0 Å². The van der Waals surface area contributed by atoms with Crippen molar-refractivity contribution in [1.82, 2.24) is 10.3 Å². The molecule has 4 nitrogen and oxygen atoms in total. The largest absolute Gasteiger partial charge is 0.394 e. The Labute approximate surface area is 122 Å². The highest BCUT2D eigenvalue weighted by molar-refractivity contribution is 7.99. The minimum Gasteiger partial charge on any atom is -0.394 e.